The summed E-state index contributed by atoms with van der Waals surface area (Å²) in [4.78, 5) is 39.3. The van der Waals surface area contributed by atoms with Crippen molar-refractivity contribution in [3.05, 3.63) is 89.9 Å². The number of rotatable bonds is 13. The molecular formula is C28H31N2NaO8S. The van der Waals surface area contributed by atoms with Crippen LogP contribution in [0.15, 0.2) is 82.3 Å². The Kier molecular flexibility index (Phi) is 12.8. The first-order valence-electron chi connectivity index (χ1n) is 12.4. The molecule has 3 aromatic rings. The van der Waals surface area contributed by atoms with E-state index in [9.17, 15) is 32.6 Å². The van der Waals surface area contributed by atoms with Crippen molar-refractivity contribution >= 4 is 27.7 Å². The van der Waals surface area contributed by atoms with E-state index in [0.717, 1.165) is 17.7 Å². The van der Waals surface area contributed by atoms with Gasteiger partial charge < -0.3 is 14.3 Å². The molecule has 0 saturated carbocycles. The first-order chi connectivity index (χ1) is 18.5. The van der Waals surface area contributed by atoms with E-state index in [1.54, 1.807) is 5.48 Å². The second kappa shape index (κ2) is 15.3. The molecule has 1 aromatic heterocycles. The number of ketones is 1. The monoisotopic (exact) mass is 578 g/mol. The second-order valence-electron chi connectivity index (χ2n) is 9.71. The minimum Gasteiger partial charge on any atom is -0.744 e. The van der Waals surface area contributed by atoms with Crippen molar-refractivity contribution in [3.8, 4) is 0 Å². The van der Waals surface area contributed by atoms with Crippen LogP contribution >= 0.6 is 0 Å². The van der Waals surface area contributed by atoms with Gasteiger partial charge in [-0.1, -0.05) is 56.3 Å². The Bertz CT molecular complexity index is 1360. The van der Waals surface area contributed by atoms with E-state index in [1.807, 2.05) is 44.2 Å². The van der Waals surface area contributed by atoms with Gasteiger partial charge in [-0.25, -0.2) is 13.9 Å². The maximum absolute atomic E-state index is 13.7. The first-order valence-corrected chi connectivity index (χ1v) is 13.8. The Morgan fingerprint density at radius 2 is 1.50 bits per heavy atom. The van der Waals surface area contributed by atoms with Gasteiger partial charge in [0.2, 0.25) is 17.6 Å². The smallest absolute Gasteiger partial charge is 0.744 e. The van der Waals surface area contributed by atoms with Gasteiger partial charge in [0.1, 0.15) is 10.1 Å². The molecule has 0 saturated heterocycles. The van der Waals surface area contributed by atoms with Crippen molar-refractivity contribution in [3.63, 3.8) is 0 Å². The predicted octanol–water partition coefficient (Wildman–Crippen LogP) is 0.125. The molecule has 0 aliphatic rings. The average molecular weight is 579 g/mol. The molecule has 2 aromatic carbocycles. The fraction of sp³-hybridized carbons (Fsp3) is 0.321. The largest absolute Gasteiger partial charge is 1.00 e. The van der Waals surface area contributed by atoms with Gasteiger partial charge in [0.15, 0.2) is 5.76 Å². The maximum Gasteiger partial charge on any atom is 1.00 e. The number of hydroxylamine groups is 1. The summed E-state index contributed by atoms with van der Waals surface area (Å²) in [6, 6.07) is 16.0. The standard InChI is InChI=1S/C28H32N2O8S.Na/c1-18(2)15-22(23(28(33)30-34)16-19-7-4-3-5-8-19)27(32)29-24(26(31)25-9-6-14-38-25)17-20-10-12-21(13-11-20)39(35,36)37;/h3-14,18,22-24,34H,15-17H2,1-2H3,(H,29,32)(H,30,33)(H,35,36,37);/q;+1/p-1/t22-,23?,24+;/m1./s1. The third-order valence-electron chi connectivity index (χ3n) is 6.34. The van der Waals surface area contributed by atoms with E-state index < -0.39 is 50.5 Å². The number of Topliss-reactive ketones (excluding diaryl/α,β-unsaturated/α-hetero) is 1. The summed E-state index contributed by atoms with van der Waals surface area (Å²) in [5, 5.41) is 12.2. The fourth-order valence-corrected chi connectivity index (χ4v) is 4.91. The third kappa shape index (κ3) is 9.39. The van der Waals surface area contributed by atoms with Crippen LogP contribution in [0.3, 0.4) is 0 Å². The van der Waals surface area contributed by atoms with Crippen LogP contribution in [0.25, 0.3) is 0 Å². The van der Waals surface area contributed by atoms with Gasteiger partial charge in [0, 0.05) is 6.42 Å². The summed E-state index contributed by atoms with van der Waals surface area (Å²) in [7, 11) is -4.65. The van der Waals surface area contributed by atoms with E-state index in [0.29, 0.717) is 12.0 Å². The van der Waals surface area contributed by atoms with Gasteiger partial charge in [0.25, 0.3) is 0 Å². The number of carbonyl (C=O) groups is 3. The van der Waals surface area contributed by atoms with Gasteiger partial charge in [-0.15, -0.1) is 0 Å². The number of furan rings is 1. The zero-order valence-corrected chi connectivity index (χ0v) is 25.4. The van der Waals surface area contributed by atoms with E-state index in [4.69, 9.17) is 4.42 Å². The molecule has 0 bridgehead atoms. The van der Waals surface area contributed by atoms with E-state index >= 15 is 0 Å². The van der Waals surface area contributed by atoms with E-state index in [1.165, 1.54) is 30.5 Å². The number of amides is 2. The van der Waals surface area contributed by atoms with Crippen molar-refractivity contribution in [2.75, 3.05) is 0 Å². The van der Waals surface area contributed by atoms with Crippen molar-refractivity contribution in [2.45, 2.75) is 44.0 Å². The molecule has 10 nitrogen and oxygen atoms in total. The van der Waals surface area contributed by atoms with Crippen molar-refractivity contribution in [2.24, 2.45) is 17.8 Å². The summed E-state index contributed by atoms with van der Waals surface area (Å²) >= 11 is 0. The molecule has 0 aliphatic heterocycles. The molecule has 0 fully saturated rings. The van der Waals surface area contributed by atoms with Crippen LogP contribution in [0.2, 0.25) is 0 Å². The fourth-order valence-electron chi connectivity index (χ4n) is 4.44. The van der Waals surface area contributed by atoms with Crippen molar-refractivity contribution in [1.82, 2.24) is 10.8 Å². The normalized spacial score (nSPS) is 13.5. The number of carbonyl (C=O) groups excluding carboxylic acids is 3. The molecule has 1 heterocycles. The Morgan fingerprint density at radius 3 is 2.02 bits per heavy atom. The number of nitrogens with one attached hydrogen (secondary N) is 2. The van der Waals surface area contributed by atoms with Gasteiger partial charge in [-0.05, 0) is 54.2 Å². The van der Waals surface area contributed by atoms with Crippen LogP contribution < -0.4 is 40.4 Å². The zero-order valence-electron chi connectivity index (χ0n) is 22.6. The minimum absolute atomic E-state index is 0. The number of hydrogen-bond donors (Lipinski definition) is 3. The van der Waals surface area contributed by atoms with Gasteiger partial charge in [-0.2, -0.15) is 0 Å². The van der Waals surface area contributed by atoms with Crippen LogP contribution in [-0.2, 0) is 32.5 Å². The summed E-state index contributed by atoms with van der Waals surface area (Å²) in [6.45, 7) is 3.79. The SMILES string of the molecule is CC(C)C[C@@H](C(=O)N[C@@H](Cc1ccc(S(=O)(=O)[O-])cc1)C(=O)c1ccco1)C(Cc1ccccc1)C(=O)NO.[Na+]. The molecular weight excluding hydrogens is 547 g/mol. The quantitative estimate of drug-likeness (QED) is 0.0846. The molecule has 0 radical (unpaired) electrons. The van der Waals surface area contributed by atoms with Crippen LogP contribution in [0, 0.1) is 17.8 Å². The van der Waals surface area contributed by atoms with E-state index in [-0.39, 0.29) is 54.1 Å². The summed E-state index contributed by atoms with van der Waals surface area (Å²) in [5.74, 6) is -3.61. The third-order valence-corrected chi connectivity index (χ3v) is 7.19. The molecule has 0 aliphatic carbocycles. The molecule has 0 spiro atoms. The van der Waals surface area contributed by atoms with Crippen LogP contribution in [-0.4, -0.2) is 41.8 Å². The van der Waals surface area contributed by atoms with Gasteiger partial charge >= 0.3 is 29.6 Å². The molecule has 208 valence electrons. The predicted molar refractivity (Wildman–Crippen MR) is 140 cm³/mol. The van der Waals surface area contributed by atoms with Crippen LogP contribution in [0.1, 0.15) is 41.9 Å². The molecule has 1 unspecified atom stereocenters. The average Bonchev–Trinajstić information content (AvgIpc) is 3.45. The molecule has 40 heavy (non-hydrogen) atoms. The molecule has 2 amide bonds. The minimum atomic E-state index is -4.65. The van der Waals surface area contributed by atoms with Crippen molar-refractivity contribution in [1.29, 1.82) is 0 Å². The first kappa shape index (κ1) is 33.4. The Morgan fingerprint density at radius 1 is 0.875 bits per heavy atom. The summed E-state index contributed by atoms with van der Waals surface area (Å²) in [6.07, 6.45) is 1.77. The van der Waals surface area contributed by atoms with Gasteiger partial charge in [0.05, 0.1) is 29.0 Å². The Labute approximate surface area is 255 Å². The summed E-state index contributed by atoms with van der Waals surface area (Å²) in [5.41, 5.74) is 2.96. The Hall–Kier alpha value is -2.80. The van der Waals surface area contributed by atoms with E-state index in [2.05, 4.69) is 5.32 Å². The molecule has 3 rings (SSSR count). The molecule has 3 atom stereocenters. The number of benzene rings is 2. The topological polar surface area (TPSA) is 166 Å². The second-order valence-corrected chi connectivity index (χ2v) is 11.1. The van der Waals surface area contributed by atoms with Gasteiger partial charge in [-0.3, -0.25) is 19.6 Å². The van der Waals surface area contributed by atoms with Crippen LogP contribution in [0.4, 0.5) is 0 Å². The Balaban J connectivity index is 0.00000560. The summed E-state index contributed by atoms with van der Waals surface area (Å²) < 4.78 is 39.1. The number of hydrogen-bond acceptors (Lipinski definition) is 8. The zero-order chi connectivity index (χ0) is 28.6. The molecule has 12 heteroatoms. The van der Waals surface area contributed by atoms with Crippen molar-refractivity contribution < 1.29 is 66.5 Å². The molecule has 3 N–H and O–H groups in total. The van der Waals surface area contributed by atoms with Crippen LogP contribution in [0.5, 0.6) is 0 Å². The maximum atomic E-state index is 13.7.